The molecule has 2 N–H and O–H groups in total. The summed E-state index contributed by atoms with van der Waals surface area (Å²) in [6.07, 6.45) is 4.78. The number of aromatic hydroxyl groups is 1. The van der Waals surface area contributed by atoms with Gasteiger partial charge < -0.3 is 20.1 Å². The number of aromatic nitrogens is 3. The number of nitrogens with zero attached hydrogens (tertiary/aromatic N) is 4. The molecule has 1 saturated heterocycles. The Bertz CT molecular complexity index is 1170. The molecule has 2 aromatic rings. The van der Waals surface area contributed by atoms with Crippen molar-refractivity contribution in [2.75, 3.05) is 19.7 Å². The summed E-state index contributed by atoms with van der Waals surface area (Å²) in [6.45, 7) is 9.42. The molecule has 0 bridgehead atoms. The molecule has 1 aliphatic heterocycles. The van der Waals surface area contributed by atoms with Crippen LogP contribution in [0.15, 0.2) is 10.9 Å². The molecular weight excluding hydrogens is 426 g/mol. The number of carbonyl (C=O) groups excluding carboxylic acids is 2. The Morgan fingerprint density at radius 1 is 1.33 bits per heavy atom. The first-order valence-electron chi connectivity index (χ1n) is 11.4. The molecule has 2 aliphatic rings. The quantitative estimate of drug-likeness (QED) is 0.632. The molecule has 3 heterocycles. The Morgan fingerprint density at radius 3 is 2.70 bits per heavy atom. The van der Waals surface area contributed by atoms with E-state index in [0.717, 1.165) is 12.8 Å². The van der Waals surface area contributed by atoms with Gasteiger partial charge in [-0.1, -0.05) is 13.8 Å². The Kier molecular flexibility index (Phi) is 6.29. The average molecular weight is 458 g/mol. The third kappa shape index (κ3) is 4.66. The summed E-state index contributed by atoms with van der Waals surface area (Å²) in [5.41, 5.74) is 0.542. The molecule has 0 aromatic carbocycles. The molecule has 1 aliphatic carbocycles. The molecule has 10 heteroatoms. The lowest BCUT2D eigenvalue weighted by Crippen LogP contribution is -2.43. The van der Waals surface area contributed by atoms with Crippen LogP contribution in [-0.2, 0) is 16.1 Å². The van der Waals surface area contributed by atoms with Crippen LogP contribution < -0.4 is 10.9 Å². The number of rotatable bonds is 6. The van der Waals surface area contributed by atoms with Crippen LogP contribution in [0.4, 0.5) is 0 Å². The van der Waals surface area contributed by atoms with Crippen molar-refractivity contribution in [1.82, 2.24) is 24.4 Å². The van der Waals surface area contributed by atoms with E-state index in [0.29, 0.717) is 43.1 Å². The molecule has 0 radical (unpaired) electrons. The molecule has 2 amide bonds. The first-order chi connectivity index (χ1) is 15.7. The van der Waals surface area contributed by atoms with Gasteiger partial charge in [0.15, 0.2) is 5.56 Å². The maximum absolute atomic E-state index is 13.4. The first-order valence-corrected chi connectivity index (χ1v) is 11.4. The van der Waals surface area contributed by atoms with Crippen molar-refractivity contribution in [3.8, 4) is 5.88 Å². The zero-order chi connectivity index (χ0) is 23.9. The minimum absolute atomic E-state index is 0.0248. The van der Waals surface area contributed by atoms with Gasteiger partial charge >= 0.3 is 0 Å². The number of nitrogens with one attached hydrogen (secondary N) is 1. The van der Waals surface area contributed by atoms with Crippen LogP contribution in [0.5, 0.6) is 5.88 Å². The van der Waals surface area contributed by atoms with Crippen LogP contribution in [0.3, 0.4) is 0 Å². The molecular formula is C23H31N5O5. The van der Waals surface area contributed by atoms with Crippen molar-refractivity contribution in [3.63, 3.8) is 0 Å². The molecule has 1 saturated carbocycles. The number of amides is 2. The summed E-state index contributed by atoms with van der Waals surface area (Å²) >= 11 is 0. The van der Waals surface area contributed by atoms with E-state index >= 15 is 0 Å². The van der Waals surface area contributed by atoms with Gasteiger partial charge in [-0.25, -0.2) is 0 Å². The summed E-state index contributed by atoms with van der Waals surface area (Å²) in [4.78, 5) is 40.5. The van der Waals surface area contributed by atoms with E-state index in [1.807, 2.05) is 20.8 Å². The fourth-order valence-electron chi connectivity index (χ4n) is 4.06. The lowest BCUT2D eigenvalue weighted by atomic mass is 10.1. The minimum atomic E-state index is -0.596. The summed E-state index contributed by atoms with van der Waals surface area (Å²) in [6, 6.07) is 0.0392. The van der Waals surface area contributed by atoms with E-state index in [4.69, 9.17) is 4.74 Å². The third-order valence-electron chi connectivity index (χ3n) is 5.85. The van der Waals surface area contributed by atoms with Gasteiger partial charge in [0, 0.05) is 37.3 Å². The van der Waals surface area contributed by atoms with Crippen molar-refractivity contribution in [1.29, 1.82) is 0 Å². The Labute approximate surface area is 191 Å². The third-order valence-corrected chi connectivity index (χ3v) is 5.85. The van der Waals surface area contributed by atoms with E-state index in [1.54, 1.807) is 17.9 Å². The highest BCUT2D eigenvalue weighted by Crippen LogP contribution is 2.25. The summed E-state index contributed by atoms with van der Waals surface area (Å²) in [7, 11) is 0. The Morgan fingerprint density at radius 2 is 2.06 bits per heavy atom. The molecule has 1 atom stereocenters. The summed E-state index contributed by atoms with van der Waals surface area (Å²) in [5.74, 6) is -1.16. The Hall–Kier alpha value is -3.14. The van der Waals surface area contributed by atoms with Gasteiger partial charge in [0.25, 0.3) is 11.5 Å². The van der Waals surface area contributed by atoms with Crippen LogP contribution >= 0.6 is 0 Å². The SMILES string of the molecule is Cc1nn2c(O)c(C(=O)NC3CC3)c(=O)n(CC(C)C)c2c1/C=C/C(=O)N1CCO[C@H](C)C1. The smallest absolute Gasteiger partial charge is 0.270 e. The largest absolute Gasteiger partial charge is 0.492 e. The number of hydrogen-bond acceptors (Lipinski definition) is 6. The van der Waals surface area contributed by atoms with Crippen LogP contribution in [0.1, 0.15) is 55.2 Å². The number of aryl methyl sites for hydroxylation is 1. The average Bonchev–Trinajstić information content (AvgIpc) is 3.50. The van der Waals surface area contributed by atoms with Gasteiger partial charge in [0.2, 0.25) is 11.8 Å². The highest BCUT2D eigenvalue weighted by Gasteiger charge is 2.30. The van der Waals surface area contributed by atoms with Crippen molar-refractivity contribution in [3.05, 3.63) is 33.3 Å². The highest BCUT2D eigenvalue weighted by molar-refractivity contribution is 5.97. The number of morpholine rings is 1. The van der Waals surface area contributed by atoms with Gasteiger partial charge in [-0.15, -0.1) is 0 Å². The highest BCUT2D eigenvalue weighted by atomic mass is 16.5. The molecule has 2 fully saturated rings. The van der Waals surface area contributed by atoms with Gasteiger partial charge in [-0.05, 0) is 38.7 Å². The molecule has 10 nitrogen and oxygen atoms in total. The maximum Gasteiger partial charge on any atom is 0.270 e. The van der Waals surface area contributed by atoms with E-state index < -0.39 is 17.3 Å². The Balaban J connectivity index is 1.79. The molecule has 178 valence electrons. The van der Waals surface area contributed by atoms with Crippen LogP contribution in [-0.4, -0.2) is 67.8 Å². The van der Waals surface area contributed by atoms with Gasteiger partial charge in [0.1, 0.15) is 5.65 Å². The number of carbonyl (C=O) groups is 2. The molecule has 2 aromatic heterocycles. The normalized spacial score (nSPS) is 19.1. The molecule has 0 unspecified atom stereocenters. The lowest BCUT2D eigenvalue weighted by molar-refractivity contribution is -0.132. The second-order valence-corrected chi connectivity index (χ2v) is 9.29. The minimum Gasteiger partial charge on any atom is -0.492 e. The fourth-order valence-corrected chi connectivity index (χ4v) is 4.06. The summed E-state index contributed by atoms with van der Waals surface area (Å²) < 4.78 is 8.18. The fraction of sp³-hybridized carbons (Fsp3) is 0.565. The van der Waals surface area contributed by atoms with Crippen molar-refractivity contribution in [2.45, 2.75) is 59.2 Å². The first kappa shape index (κ1) is 23.0. The van der Waals surface area contributed by atoms with Crippen LogP contribution in [0.2, 0.25) is 0 Å². The van der Waals surface area contributed by atoms with E-state index in [1.165, 1.54) is 15.2 Å². The monoisotopic (exact) mass is 457 g/mol. The summed E-state index contributed by atoms with van der Waals surface area (Å²) in [5, 5.41) is 18.0. The van der Waals surface area contributed by atoms with Crippen LogP contribution in [0, 0.1) is 12.8 Å². The number of hydrogen-bond donors (Lipinski definition) is 2. The number of ether oxygens (including phenoxy) is 1. The topological polar surface area (TPSA) is 118 Å². The number of fused-ring (bicyclic) bond motifs is 1. The van der Waals surface area contributed by atoms with Crippen molar-refractivity contribution in [2.24, 2.45) is 5.92 Å². The zero-order valence-electron chi connectivity index (χ0n) is 19.5. The predicted octanol–water partition coefficient (Wildman–Crippen LogP) is 1.32. The molecule has 0 spiro atoms. The van der Waals surface area contributed by atoms with Gasteiger partial charge in [-0.3, -0.25) is 19.0 Å². The van der Waals surface area contributed by atoms with Crippen molar-refractivity contribution >= 4 is 23.5 Å². The molecule has 33 heavy (non-hydrogen) atoms. The standard InChI is InChI=1S/C23H31N5O5/c1-13(2)11-27-21-17(7-8-18(29)26-9-10-33-14(3)12-26)15(4)25-28(21)23(32)19(22(27)31)20(30)24-16-5-6-16/h7-8,13-14,16,32H,5-6,9-12H2,1-4H3,(H,24,30)/b8-7+/t14-/m1/s1. The van der Waals surface area contributed by atoms with E-state index in [2.05, 4.69) is 10.4 Å². The van der Waals surface area contributed by atoms with Crippen molar-refractivity contribution < 1.29 is 19.4 Å². The molecule has 4 rings (SSSR count). The van der Waals surface area contributed by atoms with Crippen LogP contribution in [0.25, 0.3) is 11.7 Å². The predicted molar refractivity (Wildman–Crippen MR) is 122 cm³/mol. The second-order valence-electron chi connectivity index (χ2n) is 9.29. The van der Waals surface area contributed by atoms with E-state index in [-0.39, 0.29) is 29.5 Å². The van der Waals surface area contributed by atoms with Gasteiger partial charge in [-0.2, -0.15) is 9.61 Å². The van der Waals surface area contributed by atoms with E-state index in [9.17, 15) is 19.5 Å². The maximum atomic E-state index is 13.4. The lowest BCUT2D eigenvalue weighted by Gasteiger charge is -2.30. The van der Waals surface area contributed by atoms with Gasteiger partial charge in [0.05, 0.1) is 18.4 Å². The second kappa shape index (κ2) is 9.01. The zero-order valence-corrected chi connectivity index (χ0v) is 19.5.